The summed E-state index contributed by atoms with van der Waals surface area (Å²) in [5.41, 5.74) is 2.04. The summed E-state index contributed by atoms with van der Waals surface area (Å²) in [6, 6.07) is 21.7. The van der Waals surface area contributed by atoms with Crippen LogP contribution >= 0.6 is 0 Å². The maximum Gasteiger partial charge on any atom is 0.234 e. The van der Waals surface area contributed by atoms with E-state index in [0.29, 0.717) is 13.0 Å². The minimum Gasteiger partial charge on any atom is -0.497 e. The molecule has 174 valence electrons. The molecule has 2 unspecified atom stereocenters. The van der Waals surface area contributed by atoms with Crippen LogP contribution in [0, 0.1) is 0 Å². The lowest BCUT2D eigenvalue weighted by atomic mass is 10.0. The summed E-state index contributed by atoms with van der Waals surface area (Å²) in [6.07, 6.45) is 0.548. The van der Waals surface area contributed by atoms with Gasteiger partial charge in [-0.3, -0.25) is 9.69 Å². The minimum absolute atomic E-state index is 0.0939. The predicted molar refractivity (Wildman–Crippen MR) is 131 cm³/mol. The molecule has 1 aliphatic heterocycles. The maximum atomic E-state index is 13.0. The number of fused-ring (bicyclic) bond motifs is 1. The summed E-state index contributed by atoms with van der Waals surface area (Å²) < 4.78 is 29.4. The van der Waals surface area contributed by atoms with Crippen molar-refractivity contribution in [2.75, 3.05) is 25.2 Å². The van der Waals surface area contributed by atoms with E-state index in [4.69, 9.17) is 4.74 Å². The van der Waals surface area contributed by atoms with Crippen LogP contribution in [0.1, 0.15) is 30.5 Å². The van der Waals surface area contributed by atoms with E-state index >= 15 is 0 Å². The van der Waals surface area contributed by atoms with Gasteiger partial charge in [0, 0.05) is 12.6 Å². The summed E-state index contributed by atoms with van der Waals surface area (Å²) in [7, 11) is -1.44. The zero-order valence-electron chi connectivity index (χ0n) is 19.0. The number of amides is 1. The number of methoxy groups -OCH3 is 1. The zero-order chi connectivity index (χ0) is 23.4. The number of carbonyl (C=O) groups is 1. The highest BCUT2D eigenvalue weighted by molar-refractivity contribution is 7.91. The lowest BCUT2D eigenvalue weighted by Crippen LogP contribution is -2.43. The van der Waals surface area contributed by atoms with Gasteiger partial charge in [0.1, 0.15) is 5.75 Å². The molecule has 1 N–H and O–H groups in total. The number of nitrogens with one attached hydrogen (secondary N) is 1. The van der Waals surface area contributed by atoms with Crippen molar-refractivity contribution >= 4 is 26.5 Å². The minimum atomic E-state index is -3.06. The van der Waals surface area contributed by atoms with Gasteiger partial charge in [-0.1, -0.05) is 48.5 Å². The van der Waals surface area contributed by atoms with Crippen molar-refractivity contribution in [2.45, 2.75) is 32.0 Å². The molecule has 2 atom stereocenters. The van der Waals surface area contributed by atoms with Gasteiger partial charge in [-0.25, -0.2) is 8.42 Å². The first-order valence-corrected chi connectivity index (χ1v) is 13.0. The number of sulfone groups is 1. The smallest absolute Gasteiger partial charge is 0.234 e. The van der Waals surface area contributed by atoms with Crippen molar-refractivity contribution in [3.8, 4) is 5.75 Å². The lowest BCUT2D eigenvalue weighted by molar-refractivity contribution is -0.123. The Morgan fingerprint density at radius 1 is 1.09 bits per heavy atom. The second-order valence-corrected chi connectivity index (χ2v) is 10.9. The van der Waals surface area contributed by atoms with E-state index in [9.17, 15) is 13.2 Å². The number of carbonyl (C=O) groups excluding carboxylic acids is 1. The van der Waals surface area contributed by atoms with Crippen molar-refractivity contribution in [1.82, 2.24) is 10.2 Å². The molecule has 1 amide bonds. The molecule has 1 aliphatic rings. The Morgan fingerprint density at radius 2 is 1.82 bits per heavy atom. The number of hydrogen-bond donors (Lipinski definition) is 1. The van der Waals surface area contributed by atoms with Gasteiger partial charge in [-0.05, 0) is 53.4 Å². The normalized spacial score (nSPS) is 18.3. The summed E-state index contributed by atoms with van der Waals surface area (Å²) in [5, 5.41) is 5.38. The molecule has 1 saturated heterocycles. The number of nitrogens with zero attached hydrogens (tertiary/aromatic N) is 1. The zero-order valence-corrected chi connectivity index (χ0v) is 19.8. The van der Waals surface area contributed by atoms with E-state index in [2.05, 4.69) is 29.6 Å². The molecule has 0 bridgehead atoms. The quantitative estimate of drug-likeness (QED) is 0.548. The molecule has 0 aromatic heterocycles. The second-order valence-electron chi connectivity index (χ2n) is 8.71. The van der Waals surface area contributed by atoms with E-state index in [1.807, 2.05) is 54.3 Å². The van der Waals surface area contributed by atoms with Gasteiger partial charge in [-0.2, -0.15) is 0 Å². The molecule has 3 aromatic rings. The molecule has 6 nitrogen and oxygen atoms in total. The molecular weight excluding hydrogens is 436 g/mol. The van der Waals surface area contributed by atoms with Crippen LogP contribution in [0.4, 0.5) is 0 Å². The first-order valence-electron chi connectivity index (χ1n) is 11.2. The largest absolute Gasteiger partial charge is 0.497 e. The van der Waals surface area contributed by atoms with Crippen LogP contribution in [0.25, 0.3) is 10.8 Å². The Balaban J connectivity index is 1.46. The van der Waals surface area contributed by atoms with Crippen molar-refractivity contribution < 1.29 is 17.9 Å². The van der Waals surface area contributed by atoms with Gasteiger partial charge in [0.25, 0.3) is 0 Å². The lowest BCUT2D eigenvalue weighted by Gasteiger charge is -2.28. The molecule has 0 aliphatic carbocycles. The van der Waals surface area contributed by atoms with Gasteiger partial charge < -0.3 is 10.1 Å². The Bertz CT molecular complexity index is 1220. The fourth-order valence-corrected chi connectivity index (χ4v) is 6.14. The monoisotopic (exact) mass is 466 g/mol. The number of hydrogen-bond acceptors (Lipinski definition) is 5. The van der Waals surface area contributed by atoms with Crippen LogP contribution in [0.3, 0.4) is 0 Å². The van der Waals surface area contributed by atoms with Gasteiger partial charge in [-0.15, -0.1) is 0 Å². The van der Waals surface area contributed by atoms with Crippen LogP contribution in [0.5, 0.6) is 5.75 Å². The summed E-state index contributed by atoms with van der Waals surface area (Å²) in [6.45, 7) is 2.61. The predicted octanol–water partition coefficient (Wildman–Crippen LogP) is 3.71. The van der Waals surface area contributed by atoms with Gasteiger partial charge in [0.2, 0.25) is 5.91 Å². The van der Waals surface area contributed by atoms with Crippen molar-refractivity contribution in [1.29, 1.82) is 0 Å². The fourth-order valence-electron chi connectivity index (χ4n) is 4.37. The molecule has 7 heteroatoms. The van der Waals surface area contributed by atoms with E-state index < -0.39 is 9.84 Å². The van der Waals surface area contributed by atoms with Gasteiger partial charge >= 0.3 is 0 Å². The highest BCUT2D eigenvalue weighted by Crippen LogP contribution is 2.23. The molecule has 1 fully saturated rings. The van der Waals surface area contributed by atoms with E-state index in [-0.39, 0.29) is 36.0 Å². The Hall–Kier alpha value is -2.90. The Morgan fingerprint density at radius 3 is 2.48 bits per heavy atom. The highest BCUT2D eigenvalue weighted by atomic mass is 32.2. The van der Waals surface area contributed by atoms with Gasteiger partial charge in [0.15, 0.2) is 9.84 Å². The summed E-state index contributed by atoms with van der Waals surface area (Å²) in [4.78, 5) is 15.0. The standard InChI is InChI=1S/C26H30N2O4S/c1-19(22-10-9-21-5-3-4-6-23(21)15-22)27-26(29)17-28(24-13-14-33(30,31)18-24)16-20-7-11-25(32-2)12-8-20/h3-12,15,19,24H,13-14,16-18H2,1-2H3,(H,27,29). The number of benzene rings is 3. The molecule has 0 spiro atoms. The van der Waals surface area contributed by atoms with E-state index in [1.54, 1.807) is 7.11 Å². The third-order valence-electron chi connectivity index (χ3n) is 6.27. The number of ether oxygens (including phenoxy) is 1. The molecule has 0 saturated carbocycles. The Labute approximate surface area is 195 Å². The van der Waals surface area contributed by atoms with Crippen LogP contribution in [-0.4, -0.2) is 50.4 Å². The SMILES string of the molecule is COc1ccc(CN(CC(=O)NC(C)c2ccc3ccccc3c2)C2CCS(=O)(=O)C2)cc1. The molecule has 4 rings (SSSR count). The Kier molecular flexibility index (Phi) is 7.00. The van der Waals surface area contributed by atoms with E-state index in [0.717, 1.165) is 27.6 Å². The van der Waals surface area contributed by atoms with Crippen LogP contribution < -0.4 is 10.1 Å². The maximum absolute atomic E-state index is 13.0. The van der Waals surface area contributed by atoms with Crippen LogP contribution in [-0.2, 0) is 21.2 Å². The fraction of sp³-hybridized carbons (Fsp3) is 0.346. The molecule has 3 aromatic carbocycles. The molecular formula is C26H30N2O4S. The third kappa shape index (κ3) is 5.92. The first-order chi connectivity index (χ1) is 15.8. The third-order valence-corrected chi connectivity index (χ3v) is 8.02. The van der Waals surface area contributed by atoms with E-state index in [1.165, 1.54) is 0 Å². The van der Waals surface area contributed by atoms with Gasteiger partial charge in [0.05, 0.1) is 31.2 Å². The summed E-state index contributed by atoms with van der Waals surface area (Å²) >= 11 is 0. The van der Waals surface area contributed by atoms with Crippen molar-refractivity contribution in [3.63, 3.8) is 0 Å². The summed E-state index contributed by atoms with van der Waals surface area (Å²) in [5.74, 6) is 0.909. The second kappa shape index (κ2) is 9.93. The molecule has 0 radical (unpaired) electrons. The molecule has 33 heavy (non-hydrogen) atoms. The number of rotatable bonds is 8. The van der Waals surface area contributed by atoms with Crippen LogP contribution in [0.2, 0.25) is 0 Å². The molecule has 1 heterocycles. The topological polar surface area (TPSA) is 75.7 Å². The van der Waals surface area contributed by atoms with Crippen LogP contribution in [0.15, 0.2) is 66.7 Å². The average molecular weight is 467 g/mol. The van der Waals surface area contributed by atoms with Crippen molar-refractivity contribution in [3.05, 3.63) is 77.9 Å². The first kappa shape index (κ1) is 23.3. The highest BCUT2D eigenvalue weighted by Gasteiger charge is 2.33. The van der Waals surface area contributed by atoms with Crippen molar-refractivity contribution in [2.24, 2.45) is 0 Å². The average Bonchev–Trinajstić information content (AvgIpc) is 3.18.